The van der Waals surface area contributed by atoms with Gasteiger partial charge in [-0.3, -0.25) is 13.8 Å². The number of aliphatic hydroxyl groups is 1. The number of phosphoric ester groups is 1. The fourth-order valence-electron chi connectivity index (χ4n) is 5.03. The largest absolute Gasteiger partial charge is 0.472 e. The third-order valence-electron chi connectivity index (χ3n) is 8.01. The number of quaternary nitrogens is 1. The Hall–Kier alpha value is -0.760. The Morgan fingerprint density at radius 2 is 1.20 bits per heavy atom. The van der Waals surface area contributed by atoms with Gasteiger partial charge < -0.3 is 19.8 Å². The van der Waals surface area contributed by atoms with E-state index in [-0.39, 0.29) is 19.1 Å². The first-order valence-electron chi connectivity index (χ1n) is 18.1. The molecule has 3 unspecified atom stereocenters. The van der Waals surface area contributed by atoms with Crippen LogP contribution >= 0.6 is 7.82 Å². The zero-order valence-electron chi connectivity index (χ0n) is 29.4. The lowest BCUT2D eigenvalue weighted by Crippen LogP contribution is -2.45. The highest BCUT2D eigenvalue weighted by atomic mass is 31.2. The molecule has 0 aliphatic carbocycles. The maximum atomic E-state index is 12.6. The van der Waals surface area contributed by atoms with Crippen LogP contribution in [0.1, 0.15) is 155 Å². The van der Waals surface area contributed by atoms with E-state index in [0.29, 0.717) is 17.4 Å². The van der Waals surface area contributed by atoms with Crippen LogP contribution in [0.4, 0.5) is 0 Å². The summed E-state index contributed by atoms with van der Waals surface area (Å²) in [6.07, 6.45) is 29.0. The molecular weight excluding hydrogens is 575 g/mol. The van der Waals surface area contributed by atoms with E-state index in [1.54, 1.807) is 6.08 Å². The lowest BCUT2D eigenvalue weighted by atomic mass is 10.0. The van der Waals surface area contributed by atoms with Crippen LogP contribution in [0.5, 0.6) is 0 Å². The molecule has 3 atom stereocenters. The van der Waals surface area contributed by atoms with Crippen LogP contribution < -0.4 is 5.32 Å². The highest BCUT2D eigenvalue weighted by molar-refractivity contribution is 7.47. The van der Waals surface area contributed by atoms with E-state index in [0.717, 1.165) is 38.5 Å². The van der Waals surface area contributed by atoms with E-state index in [4.69, 9.17) is 9.05 Å². The number of allylic oxidation sites excluding steroid dienone is 1. The molecule has 1 amide bonds. The number of carbonyl (C=O) groups excluding carboxylic acids is 1. The number of carbonyl (C=O) groups is 1. The van der Waals surface area contributed by atoms with Gasteiger partial charge in [0, 0.05) is 6.42 Å². The van der Waals surface area contributed by atoms with Crippen LogP contribution in [-0.2, 0) is 18.4 Å². The fraction of sp³-hybridized carbons (Fsp3) is 0.914. The van der Waals surface area contributed by atoms with E-state index in [1.165, 1.54) is 96.3 Å². The zero-order valence-corrected chi connectivity index (χ0v) is 30.3. The Kier molecular flexibility index (Phi) is 28.0. The number of phosphoric acid groups is 1. The maximum Gasteiger partial charge on any atom is 0.472 e. The highest BCUT2D eigenvalue weighted by Gasteiger charge is 2.27. The molecule has 0 spiro atoms. The van der Waals surface area contributed by atoms with E-state index < -0.39 is 20.0 Å². The maximum absolute atomic E-state index is 12.6. The molecule has 0 aliphatic rings. The SMILES string of the molecule is CCCC/C=C/C(O)C(COP(=O)(O)OCC[N+](C)(C)C)NC(=O)CCCCCCCCCCCCCCCCCCCC. The van der Waals surface area contributed by atoms with Gasteiger partial charge in [-0.15, -0.1) is 0 Å². The van der Waals surface area contributed by atoms with Gasteiger partial charge in [-0.2, -0.15) is 0 Å². The van der Waals surface area contributed by atoms with Crippen LogP contribution in [0.15, 0.2) is 12.2 Å². The van der Waals surface area contributed by atoms with E-state index in [9.17, 15) is 19.4 Å². The number of hydrogen-bond donors (Lipinski definition) is 3. The second kappa shape index (κ2) is 28.5. The minimum atomic E-state index is -4.31. The molecule has 0 rings (SSSR count). The van der Waals surface area contributed by atoms with Crippen LogP contribution in [-0.4, -0.2) is 73.4 Å². The van der Waals surface area contributed by atoms with Gasteiger partial charge in [0.2, 0.25) is 5.91 Å². The number of hydrogen-bond acceptors (Lipinski definition) is 5. The second-order valence-corrected chi connectivity index (χ2v) is 15.1. The van der Waals surface area contributed by atoms with Crippen LogP contribution in [0.3, 0.4) is 0 Å². The first-order valence-corrected chi connectivity index (χ1v) is 19.6. The molecule has 44 heavy (non-hydrogen) atoms. The minimum absolute atomic E-state index is 0.0626. The first-order chi connectivity index (χ1) is 21.0. The molecular formula is C35H72N2O6P+. The summed E-state index contributed by atoms with van der Waals surface area (Å²) in [6.45, 7) is 4.65. The second-order valence-electron chi connectivity index (χ2n) is 13.6. The van der Waals surface area contributed by atoms with E-state index >= 15 is 0 Å². The molecule has 0 aliphatic heterocycles. The first kappa shape index (κ1) is 43.2. The number of amides is 1. The van der Waals surface area contributed by atoms with E-state index in [2.05, 4.69) is 19.2 Å². The average Bonchev–Trinajstić information content (AvgIpc) is 2.96. The van der Waals surface area contributed by atoms with Crippen molar-refractivity contribution in [2.24, 2.45) is 0 Å². The summed E-state index contributed by atoms with van der Waals surface area (Å²) in [7, 11) is 1.57. The quantitative estimate of drug-likeness (QED) is 0.0292. The molecule has 0 saturated carbocycles. The van der Waals surface area contributed by atoms with Crippen molar-refractivity contribution in [3.8, 4) is 0 Å². The summed E-state index contributed by atoms with van der Waals surface area (Å²) in [5.74, 6) is -0.185. The summed E-state index contributed by atoms with van der Waals surface area (Å²) in [4.78, 5) is 22.7. The van der Waals surface area contributed by atoms with Crippen molar-refractivity contribution in [1.82, 2.24) is 5.32 Å². The molecule has 0 heterocycles. The third kappa shape index (κ3) is 29.9. The monoisotopic (exact) mass is 648 g/mol. The van der Waals surface area contributed by atoms with E-state index in [1.807, 2.05) is 27.2 Å². The van der Waals surface area contributed by atoms with Crippen molar-refractivity contribution in [2.45, 2.75) is 167 Å². The standard InChI is InChI=1S/C35H71N2O6P/c1-6-8-10-12-13-14-15-16-17-18-19-20-21-22-23-24-25-27-29-35(39)36-33(34(38)28-26-11-9-7-2)32-43-44(40,41)42-31-30-37(3,4)5/h26,28,33-34,38H,6-25,27,29-32H2,1-5H3,(H-,36,39,40,41)/p+1/b28-26+. The number of nitrogens with zero attached hydrogens (tertiary/aromatic N) is 1. The van der Waals surface area contributed by atoms with Gasteiger partial charge in [0.15, 0.2) is 0 Å². The van der Waals surface area contributed by atoms with Crippen molar-refractivity contribution in [1.29, 1.82) is 0 Å². The normalized spacial score (nSPS) is 15.0. The molecule has 262 valence electrons. The predicted molar refractivity (Wildman–Crippen MR) is 185 cm³/mol. The average molecular weight is 648 g/mol. The fourth-order valence-corrected chi connectivity index (χ4v) is 5.76. The Balaban J connectivity index is 4.14. The van der Waals surface area contributed by atoms with Crippen molar-refractivity contribution in [2.75, 3.05) is 40.9 Å². The van der Waals surface area contributed by atoms with Crippen molar-refractivity contribution in [3.05, 3.63) is 12.2 Å². The number of nitrogens with one attached hydrogen (secondary N) is 1. The molecule has 9 heteroatoms. The summed E-state index contributed by atoms with van der Waals surface area (Å²) >= 11 is 0. The van der Waals surface area contributed by atoms with Crippen LogP contribution in [0, 0.1) is 0 Å². The lowest BCUT2D eigenvalue weighted by Gasteiger charge is -2.25. The van der Waals surface area contributed by atoms with Gasteiger partial charge in [0.1, 0.15) is 13.2 Å². The molecule has 0 bridgehead atoms. The molecule has 0 aromatic heterocycles. The Morgan fingerprint density at radius 3 is 1.66 bits per heavy atom. The number of aliphatic hydroxyl groups excluding tert-OH is 1. The van der Waals surface area contributed by atoms with Gasteiger partial charge in [0.25, 0.3) is 0 Å². The van der Waals surface area contributed by atoms with Crippen LogP contribution in [0.2, 0.25) is 0 Å². The number of rotatable bonds is 32. The number of likely N-dealkylation sites (N-methyl/N-ethyl adjacent to an activating group) is 1. The molecule has 0 radical (unpaired) electrons. The smallest absolute Gasteiger partial charge is 0.387 e. The van der Waals surface area contributed by atoms with Crippen molar-refractivity contribution < 1.29 is 32.9 Å². The topological polar surface area (TPSA) is 105 Å². The Morgan fingerprint density at radius 1 is 0.750 bits per heavy atom. The third-order valence-corrected chi connectivity index (χ3v) is 8.99. The van der Waals surface area contributed by atoms with Gasteiger partial charge in [-0.25, -0.2) is 4.57 Å². The molecule has 3 N–H and O–H groups in total. The van der Waals surface area contributed by atoms with Gasteiger partial charge in [-0.1, -0.05) is 148 Å². The summed E-state index contributed by atoms with van der Waals surface area (Å²) < 4.78 is 23.2. The van der Waals surface area contributed by atoms with Gasteiger partial charge in [-0.05, 0) is 12.8 Å². The Bertz CT molecular complexity index is 743. The predicted octanol–water partition coefficient (Wildman–Crippen LogP) is 8.85. The minimum Gasteiger partial charge on any atom is -0.387 e. The van der Waals surface area contributed by atoms with Crippen molar-refractivity contribution >= 4 is 13.7 Å². The van der Waals surface area contributed by atoms with Gasteiger partial charge in [0.05, 0.1) is 39.9 Å². The number of unbranched alkanes of at least 4 members (excludes halogenated alkanes) is 19. The zero-order chi connectivity index (χ0) is 32.9. The lowest BCUT2D eigenvalue weighted by molar-refractivity contribution is -0.870. The molecule has 0 aromatic carbocycles. The molecule has 8 nitrogen and oxygen atoms in total. The van der Waals surface area contributed by atoms with Gasteiger partial charge >= 0.3 is 7.82 Å². The molecule has 0 saturated heterocycles. The van der Waals surface area contributed by atoms with Crippen molar-refractivity contribution in [3.63, 3.8) is 0 Å². The summed E-state index contributed by atoms with van der Waals surface area (Å²) in [5, 5.41) is 13.5. The molecule has 0 aromatic rings. The van der Waals surface area contributed by atoms with Crippen LogP contribution in [0.25, 0.3) is 0 Å². The highest BCUT2D eigenvalue weighted by Crippen LogP contribution is 2.43. The summed E-state index contributed by atoms with van der Waals surface area (Å²) in [5.41, 5.74) is 0. The summed E-state index contributed by atoms with van der Waals surface area (Å²) in [6, 6.07) is -0.835. The Labute approximate surface area is 272 Å². The molecule has 0 fully saturated rings.